The molecule has 1 aromatic carbocycles. The molecule has 2 unspecified atom stereocenters. The molecule has 2 saturated heterocycles. The molecule has 0 spiro atoms. The highest BCUT2D eigenvalue weighted by molar-refractivity contribution is 7.91. The maximum absolute atomic E-state index is 12.8. The first kappa shape index (κ1) is 17.9. The summed E-state index contributed by atoms with van der Waals surface area (Å²) in [6, 6.07) is 9.51. The Morgan fingerprint density at radius 1 is 1.28 bits per heavy atom. The van der Waals surface area contributed by atoms with Crippen LogP contribution in [0.4, 0.5) is 0 Å². The number of carbonyl (C=O) groups excluding carboxylic acids is 2. The predicted octanol–water partition coefficient (Wildman–Crippen LogP) is 1.07. The topological polar surface area (TPSA) is 74.8 Å². The van der Waals surface area contributed by atoms with Crippen LogP contribution in [0, 0.1) is 5.92 Å². The van der Waals surface area contributed by atoms with Gasteiger partial charge in [0.15, 0.2) is 9.84 Å². The second kappa shape index (κ2) is 7.15. The predicted molar refractivity (Wildman–Crippen MR) is 94.4 cm³/mol. The van der Waals surface area contributed by atoms with Gasteiger partial charge >= 0.3 is 0 Å². The first-order valence-electron chi connectivity index (χ1n) is 8.72. The standard InChI is InChI=1S/C18H24N2O4S/c1-2-19(11-14-6-4-3-5-7-14)18(22)15-10-17(21)20(12-15)16-8-9-25(23,24)13-16/h3-7,15-16H,2,8-13H2,1H3. The smallest absolute Gasteiger partial charge is 0.228 e. The molecule has 0 radical (unpaired) electrons. The van der Waals surface area contributed by atoms with Crippen molar-refractivity contribution in [3.63, 3.8) is 0 Å². The maximum Gasteiger partial charge on any atom is 0.228 e. The van der Waals surface area contributed by atoms with Crippen molar-refractivity contribution in [2.24, 2.45) is 5.92 Å². The van der Waals surface area contributed by atoms with Crippen LogP contribution in [0.25, 0.3) is 0 Å². The average molecular weight is 364 g/mol. The lowest BCUT2D eigenvalue weighted by atomic mass is 10.1. The molecule has 1 aromatic rings. The molecule has 2 atom stereocenters. The van der Waals surface area contributed by atoms with Gasteiger partial charge in [-0.05, 0) is 18.9 Å². The van der Waals surface area contributed by atoms with Crippen LogP contribution in [0.2, 0.25) is 0 Å². The van der Waals surface area contributed by atoms with Crippen LogP contribution < -0.4 is 0 Å². The lowest BCUT2D eigenvalue weighted by molar-refractivity contribution is -0.136. The van der Waals surface area contributed by atoms with Crippen molar-refractivity contribution in [3.8, 4) is 0 Å². The van der Waals surface area contributed by atoms with Crippen LogP contribution in [-0.2, 0) is 26.0 Å². The number of hydrogen-bond acceptors (Lipinski definition) is 4. The first-order chi connectivity index (χ1) is 11.9. The van der Waals surface area contributed by atoms with Gasteiger partial charge < -0.3 is 9.80 Å². The lowest BCUT2D eigenvalue weighted by Crippen LogP contribution is -2.40. The van der Waals surface area contributed by atoms with Gasteiger partial charge in [0.1, 0.15) is 0 Å². The van der Waals surface area contributed by atoms with E-state index in [1.165, 1.54) is 0 Å². The van der Waals surface area contributed by atoms with Crippen LogP contribution in [0.15, 0.2) is 30.3 Å². The van der Waals surface area contributed by atoms with Crippen molar-refractivity contribution in [1.29, 1.82) is 0 Å². The van der Waals surface area contributed by atoms with E-state index in [0.717, 1.165) is 5.56 Å². The summed E-state index contributed by atoms with van der Waals surface area (Å²) < 4.78 is 23.3. The van der Waals surface area contributed by atoms with E-state index < -0.39 is 9.84 Å². The summed E-state index contributed by atoms with van der Waals surface area (Å²) in [4.78, 5) is 28.5. The lowest BCUT2D eigenvalue weighted by Gasteiger charge is -2.26. The highest BCUT2D eigenvalue weighted by atomic mass is 32.2. The molecule has 0 bridgehead atoms. The molecule has 7 heteroatoms. The summed E-state index contributed by atoms with van der Waals surface area (Å²) in [5.74, 6) is -0.338. The normalized spacial score (nSPS) is 25.3. The molecule has 3 rings (SSSR count). The monoisotopic (exact) mass is 364 g/mol. The zero-order valence-corrected chi connectivity index (χ0v) is 15.2. The molecular formula is C18H24N2O4S. The molecule has 0 aliphatic carbocycles. The van der Waals surface area contributed by atoms with E-state index in [0.29, 0.717) is 26.1 Å². The van der Waals surface area contributed by atoms with E-state index >= 15 is 0 Å². The summed E-state index contributed by atoms with van der Waals surface area (Å²) in [6.45, 7) is 3.37. The minimum atomic E-state index is -3.04. The van der Waals surface area contributed by atoms with Crippen molar-refractivity contribution < 1.29 is 18.0 Å². The molecule has 25 heavy (non-hydrogen) atoms. The van der Waals surface area contributed by atoms with Crippen LogP contribution in [0.3, 0.4) is 0 Å². The van der Waals surface area contributed by atoms with Crippen molar-refractivity contribution in [3.05, 3.63) is 35.9 Å². The second-order valence-corrected chi connectivity index (χ2v) is 9.07. The Morgan fingerprint density at radius 3 is 2.60 bits per heavy atom. The first-order valence-corrected chi connectivity index (χ1v) is 10.5. The zero-order valence-electron chi connectivity index (χ0n) is 14.4. The SMILES string of the molecule is CCN(Cc1ccccc1)C(=O)C1CC(=O)N(C2CCS(=O)(=O)C2)C1. The van der Waals surface area contributed by atoms with Gasteiger partial charge in [0.2, 0.25) is 11.8 Å². The summed E-state index contributed by atoms with van der Waals surface area (Å²) in [5, 5.41) is 0. The maximum atomic E-state index is 12.8. The Kier molecular flexibility index (Phi) is 5.13. The molecule has 0 N–H and O–H groups in total. The molecule has 136 valence electrons. The molecular weight excluding hydrogens is 340 g/mol. The fourth-order valence-electron chi connectivity index (χ4n) is 3.68. The third kappa shape index (κ3) is 4.03. The average Bonchev–Trinajstić information content (AvgIpc) is 3.15. The minimum absolute atomic E-state index is 0.0249. The van der Waals surface area contributed by atoms with Crippen LogP contribution in [-0.4, -0.2) is 60.7 Å². The number of carbonyl (C=O) groups is 2. The Labute approximate surface area is 148 Å². The number of nitrogens with zero attached hydrogens (tertiary/aromatic N) is 2. The summed E-state index contributed by atoms with van der Waals surface area (Å²) in [7, 11) is -3.04. The van der Waals surface area contributed by atoms with Gasteiger partial charge in [-0.25, -0.2) is 8.42 Å². The van der Waals surface area contributed by atoms with E-state index in [2.05, 4.69) is 0 Å². The van der Waals surface area contributed by atoms with E-state index in [1.807, 2.05) is 37.3 Å². The zero-order chi connectivity index (χ0) is 18.0. The Morgan fingerprint density at radius 2 is 2.00 bits per heavy atom. The van der Waals surface area contributed by atoms with Crippen molar-refractivity contribution in [1.82, 2.24) is 9.80 Å². The van der Waals surface area contributed by atoms with Crippen LogP contribution in [0.5, 0.6) is 0 Å². The third-order valence-corrected chi connectivity index (χ3v) is 6.82. The second-order valence-electron chi connectivity index (χ2n) is 6.84. The molecule has 2 fully saturated rings. The van der Waals surface area contributed by atoms with E-state index in [9.17, 15) is 18.0 Å². The molecule has 2 heterocycles. The van der Waals surface area contributed by atoms with Gasteiger partial charge in [0.25, 0.3) is 0 Å². The van der Waals surface area contributed by atoms with Crippen LogP contribution >= 0.6 is 0 Å². The molecule has 2 aliphatic heterocycles. The van der Waals surface area contributed by atoms with E-state index in [4.69, 9.17) is 0 Å². The van der Waals surface area contributed by atoms with Gasteiger partial charge in [-0.2, -0.15) is 0 Å². The highest BCUT2D eigenvalue weighted by Gasteiger charge is 2.42. The molecule has 0 saturated carbocycles. The van der Waals surface area contributed by atoms with E-state index in [1.54, 1.807) is 9.80 Å². The Bertz CT molecular complexity index is 748. The van der Waals surface area contributed by atoms with Gasteiger partial charge in [-0.3, -0.25) is 9.59 Å². The third-order valence-electron chi connectivity index (χ3n) is 5.07. The number of likely N-dealkylation sites (tertiary alicyclic amines) is 1. The molecule has 2 aliphatic rings. The largest absolute Gasteiger partial charge is 0.338 e. The fourth-order valence-corrected chi connectivity index (χ4v) is 5.41. The van der Waals surface area contributed by atoms with Gasteiger partial charge in [0, 0.05) is 32.1 Å². The molecule has 2 amide bonds. The highest BCUT2D eigenvalue weighted by Crippen LogP contribution is 2.27. The number of hydrogen-bond donors (Lipinski definition) is 0. The molecule has 6 nitrogen and oxygen atoms in total. The number of sulfone groups is 1. The van der Waals surface area contributed by atoms with Gasteiger partial charge in [0.05, 0.1) is 17.4 Å². The number of benzene rings is 1. The summed E-state index contributed by atoms with van der Waals surface area (Å²) >= 11 is 0. The van der Waals surface area contributed by atoms with Crippen molar-refractivity contribution in [2.45, 2.75) is 32.4 Å². The quantitative estimate of drug-likeness (QED) is 0.783. The Hall–Kier alpha value is -1.89. The van der Waals surface area contributed by atoms with Crippen LogP contribution in [0.1, 0.15) is 25.3 Å². The number of amides is 2. The fraction of sp³-hybridized carbons (Fsp3) is 0.556. The minimum Gasteiger partial charge on any atom is -0.338 e. The van der Waals surface area contributed by atoms with Crippen molar-refractivity contribution in [2.75, 3.05) is 24.6 Å². The van der Waals surface area contributed by atoms with Gasteiger partial charge in [-0.15, -0.1) is 0 Å². The van der Waals surface area contributed by atoms with Gasteiger partial charge in [-0.1, -0.05) is 30.3 Å². The molecule has 0 aromatic heterocycles. The summed E-state index contributed by atoms with van der Waals surface area (Å²) in [5.41, 5.74) is 1.06. The summed E-state index contributed by atoms with van der Waals surface area (Å²) in [6.07, 6.45) is 0.664. The Balaban J connectivity index is 1.65. The van der Waals surface area contributed by atoms with Crippen molar-refractivity contribution >= 4 is 21.7 Å². The number of rotatable bonds is 5. The van der Waals surface area contributed by atoms with E-state index in [-0.39, 0.29) is 41.7 Å².